The highest BCUT2D eigenvalue weighted by atomic mass is 16.5. The van der Waals surface area contributed by atoms with Crippen molar-refractivity contribution in [2.45, 2.75) is 25.8 Å². The predicted octanol–water partition coefficient (Wildman–Crippen LogP) is 2.40. The number of hydrogen-bond acceptors (Lipinski definition) is 8. The molecule has 10 nitrogen and oxygen atoms in total. The van der Waals surface area contributed by atoms with Gasteiger partial charge in [0.05, 0.1) is 32.1 Å². The van der Waals surface area contributed by atoms with Crippen LogP contribution in [0.25, 0.3) is 0 Å². The molecule has 0 aliphatic heterocycles. The smallest absolute Gasteiger partial charge is 0.343 e. The third-order valence-corrected chi connectivity index (χ3v) is 4.98. The Hall–Kier alpha value is -4.21. The van der Waals surface area contributed by atoms with Crippen molar-refractivity contribution in [2.24, 2.45) is 0 Å². The summed E-state index contributed by atoms with van der Waals surface area (Å²) >= 11 is 0. The number of carbonyl (C=O) groups excluding carboxylic acids is 2. The molecule has 0 aliphatic carbocycles. The first-order valence-corrected chi connectivity index (χ1v) is 10.1. The number of hydrogen-bond donors (Lipinski definition) is 4. The fraction of sp³-hybridized carbons (Fsp3) is 0.261. The number of carbonyl (C=O) groups is 2. The van der Waals surface area contributed by atoms with Crippen molar-refractivity contribution in [3.05, 3.63) is 75.6 Å². The standard InChI is InChI=1S/C23H24N2O8/c1-3-32-23(30)16-12-25-22(29)20(21(16)28)15(13-6-7-18(31-2)17(26)9-13)10-19(27)24-11-14-5-4-8-33-14/h4-9,12,15,26H,3,10-11H2,1-2H3,(H,24,27)(H2,25,28,29). The number of amides is 1. The van der Waals surface area contributed by atoms with Gasteiger partial charge in [0.15, 0.2) is 11.5 Å². The zero-order valence-electron chi connectivity index (χ0n) is 18.1. The van der Waals surface area contributed by atoms with Gasteiger partial charge in [-0.05, 0) is 36.8 Å². The van der Waals surface area contributed by atoms with Crippen LogP contribution < -0.4 is 15.6 Å². The van der Waals surface area contributed by atoms with Crippen molar-refractivity contribution in [3.8, 4) is 17.2 Å². The van der Waals surface area contributed by atoms with Gasteiger partial charge in [0.1, 0.15) is 17.1 Å². The molecule has 0 aliphatic rings. The molecule has 3 rings (SSSR count). The Morgan fingerprint density at radius 1 is 1.24 bits per heavy atom. The molecule has 2 heterocycles. The number of aromatic amines is 1. The minimum Gasteiger partial charge on any atom is -0.506 e. The lowest BCUT2D eigenvalue weighted by Gasteiger charge is -2.20. The van der Waals surface area contributed by atoms with Crippen molar-refractivity contribution < 1.29 is 33.7 Å². The first kappa shape index (κ1) is 23.5. The third-order valence-electron chi connectivity index (χ3n) is 4.98. The van der Waals surface area contributed by atoms with E-state index in [1.807, 2.05) is 0 Å². The minimum absolute atomic E-state index is 0.0672. The molecule has 0 spiro atoms. The Bertz CT molecular complexity index is 1180. The third kappa shape index (κ3) is 5.35. The molecule has 2 aromatic heterocycles. The summed E-state index contributed by atoms with van der Waals surface area (Å²) in [5.74, 6) is -2.37. The van der Waals surface area contributed by atoms with Crippen LogP contribution >= 0.6 is 0 Å². The van der Waals surface area contributed by atoms with E-state index in [2.05, 4.69) is 10.3 Å². The summed E-state index contributed by atoms with van der Waals surface area (Å²) in [7, 11) is 1.38. The molecule has 0 fully saturated rings. The number of phenolic OH excluding ortho intramolecular Hbond substituents is 1. The zero-order chi connectivity index (χ0) is 24.0. The molecule has 33 heavy (non-hydrogen) atoms. The lowest BCUT2D eigenvalue weighted by atomic mass is 9.87. The average Bonchev–Trinajstić information content (AvgIpc) is 3.31. The van der Waals surface area contributed by atoms with Crippen LogP contribution in [0.15, 0.2) is 52.0 Å². The van der Waals surface area contributed by atoms with Gasteiger partial charge in [-0.25, -0.2) is 4.79 Å². The van der Waals surface area contributed by atoms with E-state index in [1.54, 1.807) is 25.1 Å². The number of pyridine rings is 1. The van der Waals surface area contributed by atoms with Crippen LogP contribution in [0.4, 0.5) is 0 Å². The van der Waals surface area contributed by atoms with Gasteiger partial charge in [0.25, 0.3) is 5.56 Å². The molecular weight excluding hydrogens is 432 g/mol. The van der Waals surface area contributed by atoms with E-state index in [0.717, 1.165) is 6.20 Å². The molecule has 1 amide bonds. The Labute approximate surface area is 188 Å². The summed E-state index contributed by atoms with van der Waals surface area (Å²) in [5.41, 5.74) is -0.800. The Morgan fingerprint density at radius 3 is 2.67 bits per heavy atom. The summed E-state index contributed by atoms with van der Waals surface area (Å²) < 4.78 is 15.2. The van der Waals surface area contributed by atoms with Gasteiger partial charge in [-0.15, -0.1) is 0 Å². The van der Waals surface area contributed by atoms with Gasteiger partial charge in [-0.2, -0.15) is 0 Å². The van der Waals surface area contributed by atoms with E-state index in [9.17, 15) is 24.6 Å². The van der Waals surface area contributed by atoms with Crippen LogP contribution in [-0.2, 0) is 16.1 Å². The number of H-pyrrole nitrogens is 1. The summed E-state index contributed by atoms with van der Waals surface area (Å²) in [6, 6.07) is 7.73. The number of rotatable bonds is 9. The highest BCUT2D eigenvalue weighted by Crippen LogP contribution is 2.37. The molecule has 1 aromatic carbocycles. The highest BCUT2D eigenvalue weighted by Gasteiger charge is 2.28. The Kier molecular flexibility index (Phi) is 7.39. The van der Waals surface area contributed by atoms with E-state index in [0.29, 0.717) is 11.3 Å². The molecule has 0 radical (unpaired) electrons. The van der Waals surface area contributed by atoms with Crippen LogP contribution in [0.5, 0.6) is 17.2 Å². The maximum Gasteiger partial charge on any atom is 0.343 e. The number of furan rings is 1. The molecule has 0 bridgehead atoms. The first-order valence-electron chi connectivity index (χ1n) is 10.1. The molecule has 174 valence electrons. The summed E-state index contributed by atoms with van der Waals surface area (Å²) in [6.45, 7) is 1.79. The number of nitrogens with one attached hydrogen (secondary N) is 2. The van der Waals surface area contributed by atoms with Gasteiger partial charge >= 0.3 is 5.97 Å². The molecule has 1 unspecified atom stereocenters. The van der Waals surface area contributed by atoms with Crippen molar-refractivity contribution in [2.75, 3.05) is 13.7 Å². The van der Waals surface area contributed by atoms with Crippen molar-refractivity contribution >= 4 is 11.9 Å². The van der Waals surface area contributed by atoms with E-state index in [1.165, 1.54) is 25.5 Å². The van der Waals surface area contributed by atoms with Gasteiger partial charge in [0.2, 0.25) is 5.91 Å². The second-order valence-electron chi connectivity index (χ2n) is 7.06. The number of benzene rings is 1. The number of aromatic hydroxyl groups is 2. The van der Waals surface area contributed by atoms with Gasteiger partial charge < -0.3 is 34.4 Å². The second kappa shape index (κ2) is 10.4. The highest BCUT2D eigenvalue weighted by molar-refractivity contribution is 5.92. The van der Waals surface area contributed by atoms with Gasteiger partial charge in [-0.1, -0.05) is 6.07 Å². The topological polar surface area (TPSA) is 151 Å². The van der Waals surface area contributed by atoms with Crippen LogP contribution in [0, 0.1) is 0 Å². The first-order chi connectivity index (χ1) is 15.8. The van der Waals surface area contributed by atoms with Gasteiger partial charge in [-0.3, -0.25) is 9.59 Å². The van der Waals surface area contributed by atoms with Crippen molar-refractivity contribution in [1.29, 1.82) is 0 Å². The zero-order valence-corrected chi connectivity index (χ0v) is 18.1. The summed E-state index contributed by atoms with van der Waals surface area (Å²) in [4.78, 5) is 40.1. The van der Waals surface area contributed by atoms with Crippen LogP contribution in [0.3, 0.4) is 0 Å². The maximum absolute atomic E-state index is 12.7. The average molecular weight is 456 g/mol. The monoisotopic (exact) mass is 456 g/mol. The van der Waals surface area contributed by atoms with E-state index in [-0.39, 0.29) is 42.2 Å². The summed E-state index contributed by atoms with van der Waals surface area (Å²) in [6.07, 6.45) is 2.26. The largest absolute Gasteiger partial charge is 0.506 e. The van der Waals surface area contributed by atoms with E-state index in [4.69, 9.17) is 13.9 Å². The SMILES string of the molecule is CCOC(=O)c1c[nH]c(=O)c(C(CC(=O)NCc2ccco2)c2ccc(OC)c(O)c2)c1O. The Balaban J connectivity index is 2.02. The van der Waals surface area contributed by atoms with E-state index >= 15 is 0 Å². The number of phenols is 1. The number of aromatic nitrogens is 1. The van der Waals surface area contributed by atoms with Gasteiger partial charge in [0, 0.05) is 18.5 Å². The van der Waals surface area contributed by atoms with Crippen LogP contribution in [0.1, 0.15) is 46.5 Å². The molecule has 3 aromatic rings. The van der Waals surface area contributed by atoms with Crippen molar-refractivity contribution in [3.63, 3.8) is 0 Å². The summed E-state index contributed by atoms with van der Waals surface area (Å²) in [5, 5.41) is 23.7. The maximum atomic E-state index is 12.7. The Morgan fingerprint density at radius 2 is 2.03 bits per heavy atom. The number of methoxy groups -OCH3 is 1. The van der Waals surface area contributed by atoms with Crippen LogP contribution in [0.2, 0.25) is 0 Å². The molecule has 1 atom stereocenters. The molecule has 4 N–H and O–H groups in total. The van der Waals surface area contributed by atoms with Crippen molar-refractivity contribution in [1.82, 2.24) is 10.3 Å². The lowest BCUT2D eigenvalue weighted by Crippen LogP contribution is -2.27. The fourth-order valence-corrected chi connectivity index (χ4v) is 3.39. The molecular formula is C23H24N2O8. The fourth-order valence-electron chi connectivity index (χ4n) is 3.39. The number of ether oxygens (including phenoxy) is 2. The lowest BCUT2D eigenvalue weighted by molar-refractivity contribution is -0.121. The second-order valence-corrected chi connectivity index (χ2v) is 7.06. The van der Waals surface area contributed by atoms with Crippen LogP contribution in [-0.4, -0.2) is 40.8 Å². The number of esters is 1. The van der Waals surface area contributed by atoms with E-state index < -0.39 is 29.1 Å². The molecule has 0 saturated carbocycles. The normalized spacial score (nSPS) is 11.6. The molecule has 0 saturated heterocycles. The quantitative estimate of drug-likeness (QED) is 0.358. The minimum atomic E-state index is -1.00. The molecule has 10 heteroatoms. The predicted molar refractivity (Wildman–Crippen MR) is 116 cm³/mol.